The van der Waals surface area contributed by atoms with Crippen LogP contribution in [0.25, 0.3) is 0 Å². The highest BCUT2D eigenvalue weighted by molar-refractivity contribution is 5.79. The molecular formula is C22H36N4O. The number of guanidine groups is 1. The Balaban J connectivity index is 1.51. The maximum atomic E-state index is 10.7. The fraction of sp³-hybridized carbons (Fsp3) is 0.682. The van der Waals surface area contributed by atoms with E-state index in [1.165, 1.54) is 43.5 Å². The number of nitrogens with one attached hydrogen (secondary N) is 2. The van der Waals surface area contributed by atoms with Crippen LogP contribution < -0.4 is 10.6 Å². The molecule has 150 valence electrons. The summed E-state index contributed by atoms with van der Waals surface area (Å²) in [6.45, 7) is 7.64. The maximum Gasteiger partial charge on any atom is 0.191 e. The summed E-state index contributed by atoms with van der Waals surface area (Å²) < 4.78 is 0. The van der Waals surface area contributed by atoms with E-state index in [0.29, 0.717) is 13.1 Å². The standard InChI is InChI=1S/C22H36N4O/c1-2-23-21(25-18-22(27)12-4-3-5-13-22)24-16-19-8-10-20(11-9-19)17-26-14-6-7-15-26/h8-11,27H,2-7,12-18H2,1H3,(H2,23,24,25). The zero-order chi connectivity index (χ0) is 19.0. The molecule has 2 fully saturated rings. The van der Waals surface area contributed by atoms with Crippen molar-refractivity contribution in [3.05, 3.63) is 35.4 Å². The SMILES string of the molecule is CCNC(=NCc1ccc(CN2CCCC2)cc1)NCC1(O)CCCCC1. The molecule has 0 amide bonds. The average Bonchev–Trinajstić information content (AvgIpc) is 3.19. The van der Waals surface area contributed by atoms with Gasteiger partial charge in [-0.3, -0.25) is 4.90 Å². The minimum absolute atomic E-state index is 0.577. The number of rotatable bonds is 7. The highest BCUT2D eigenvalue weighted by Gasteiger charge is 2.29. The predicted octanol–water partition coefficient (Wildman–Crippen LogP) is 3.03. The molecule has 3 N–H and O–H groups in total. The minimum atomic E-state index is -0.578. The number of aliphatic imine (C=N–C) groups is 1. The van der Waals surface area contributed by atoms with Gasteiger partial charge in [0.15, 0.2) is 5.96 Å². The average molecular weight is 373 g/mol. The van der Waals surface area contributed by atoms with E-state index < -0.39 is 5.60 Å². The van der Waals surface area contributed by atoms with E-state index in [-0.39, 0.29) is 0 Å². The molecule has 0 atom stereocenters. The summed E-state index contributed by atoms with van der Waals surface area (Å²) >= 11 is 0. The fourth-order valence-electron chi connectivity index (χ4n) is 4.10. The summed E-state index contributed by atoms with van der Waals surface area (Å²) in [6.07, 6.45) is 7.93. The van der Waals surface area contributed by atoms with Crippen molar-refractivity contribution in [3.8, 4) is 0 Å². The number of aliphatic hydroxyl groups is 1. The Morgan fingerprint density at radius 3 is 2.33 bits per heavy atom. The first-order valence-electron chi connectivity index (χ1n) is 10.7. The van der Waals surface area contributed by atoms with E-state index in [9.17, 15) is 5.11 Å². The molecule has 1 aromatic rings. The molecule has 1 aliphatic heterocycles. The van der Waals surface area contributed by atoms with Gasteiger partial charge < -0.3 is 15.7 Å². The summed E-state index contributed by atoms with van der Waals surface area (Å²) in [5.74, 6) is 0.789. The monoisotopic (exact) mass is 372 g/mol. The molecule has 1 heterocycles. The molecule has 27 heavy (non-hydrogen) atoms. The molecule has 5 nitrogen and oxygen atoms in total. The Kier molecular flexibility index (Phi) is 7.53. The van der Waals surface area contributed by atoms with Gasteiger partial charge in [-0.2, -0.15) is 0 Å². The Bertz CT molecular complexity index is 587. The lowest BCUT2D eigenvalue weighted by atomic mass is 9.85. The fourth-order valence-corrected chi connectivity index (χ4v) is 4.10. The van der Waals surface area contributed by atoms with E-state index in [1.807, 2.05) is 0 Å². The van der Waals surface area contributed by atoms with Crippen LogP contribution in [0.4, 0.5) is 0 Å². The highest BCUT2D eigenvalue weighted by Crippen LogP contribution is 2.27. The third-order valence-corrected chi connectivity index (χ3v) is 5.76. The van der Waals surface area contributed by atoms with E-state index in [2.05, 4.69) is 46.7 Å². The van der Waals surface area contributed by atoms with Crippen molar-refractivity contribution in [2.45, 2.75) is 70.6 Å². The van der Waals surface area contributed by atoms with Gasteiger partial charge in [-0.25, -0.2) is 4.99 Å². The Labute approximate surface area is 164 Å². The van der Waals surface area contributed by atoms with Crippen LogP contribution in [0.15, 0.2) is 29.3 Å². The molecule has 1 saturated carbocycles. The summed E-state index contributed by atoms with van der Waals surface area (Å²) in [7, 11) is 0. The quantitative estimate of drug-likeness (QED) is 0.509. The Morgan fingerprint density at radius 2 is 1.67 bits per heavy atom. The topological polar surface area (TPSA) is 59.9 Å². The predicted molar refractivity (Wildman–Crippen MR) is 112 cm³/mol. The van der Waals surface area contributed by atoms with Crippen LogP contribution in [0.1, 0.15) is 63.0 Å². The van der Waals surface area contributed by atoms with Crippen LogP contribution in [-0.4, -0.2) is 47.7 Å². The van der Waals surface area contributed by atoms with Crippen molar-refractivity contribution >= 4 is 5.96 Å². The molecule has 0 aromatic heterocycles. The van der Waals surface area contributed by atoms with Gasteiger partial charge in [-0.1, -0.05) is 43.5 Å². The molecule has 2 aliphatic rings. The van der Waals surface area contributed by atoms with Crippen LogP contribution >= 0.6 is 0 Å². The van der Waals surface area contributed by atoms with Crippen molar-refractivity contribution in [2.75, 3.05) is 26.2 Å². The number of benzene rings is 1. The second-order valence-electron chi connectivity index (χ2n) is 8.13. The van der Waals surface area contributed by atoms with E-state index in [4.69, 9.17) is 4.99 Å². The van der Waals surface area contributed by atoms with Crippen LogP contribution in [-0.2, 0) is 13.1 Å². The van der Waals surface area contributed by atoms with Crippen molar-refractivity contribution in [1.82, 2.24) is 15.5 Å². The summed E-state index contributed by atoms with van der Waals surface area (Å²) in [6, 6.07) is 8.84. The third-order valence-electron chi connectivity index (χ3n) is 5.76. The van der Waals surface area contributed by atoms with Crippen LogP contribution in [0, 0.1) is 0 Å². The van der Waals surface area contributed by atoms with Gasteiger partial charge in [0.05, 0.1) is 12.1 Å². The van der Waals surface area contributed by atoms with E-state index in [1.54, 1.807) is 0 Å². The molecule has 0 bridgehead atoms. The Hall–Kier alpha value is -1.59. The summed E-state index contributed by atoms with van der Waals surface area (Å²) in [4.78, 5) is 7.23. The van der Waals surface area contributed by atoms with Gasteiger partial charge in [0.1, 0.15) is 0 Å². The second-order valence-corrected chi connectivity index (χ2v) is 8.13. The van der Waals surface area contributed by atoms with Gasteiger partial charge in [0, 0.05) is 19.6 Å². The number of nitrogens with zero attached hydrogens (tertiary/aromatic N) is 2. The van der Waals surface area contributed by atoms with Crippen LogP contribution in [0.5, 0.6) is 0 Å². The molecule has 1 aliphatic carbocycles. The van der Waals surface area contributed by atoms with Crippen LogP contribution in [0.3, 0.4) is 0 Å². The maximum absolute atomic E-state index is 10.7. The molecule has 5 heteroatoms. The number of likely N-dealkylation sites (tertiary alicyclic amines) is 1. The van der Waals surface area contributed by atoms with Gasteiger partial charge in [-0.15, -0.1) is 0 Å². The largest absolute Gasteiger partial charge is 0.388 e. The van der Waals surface area contributed by atoms with Gasteiger partial charge >= 0.3 is 0 Å². The van der Waals surface area contributed by atoms with Crippen molar-refractivity contribution < 1.29 is 5.11 Å². The van der Waals surface area contributed by atoms with E-state index >= 15 is 0 Å². The Morgan fingerprint density at radius 1 is 1.00 bits per heavy atom. The van der Waals surface area contributed by atoms with Crippen molar-refractivity contribution in [1.29, 1.82) is 0 Å². The molecule has 1 saturated heterocycles. The molecule has 0 spiro atoms. The smallest absolute Gasteiger partial charge is 0.191 e. The lowest BCUT2D eigenvalue weighted by Gasteiger charge is -2.32. The van der Waals surface area contributed by atoms with Gasteiger partial charge in [-0.05, 0) is 56.8 Å². The molecule has 0 unspecified atom stereocenters. The van der Waals surface area contributed by atoms with Crippen molar-refractivity contribution in [3.63, 3.8) is 0 Å². The lowest BCUT2D eigenvalue weighted by Crippen LogP contribution is -2.48. The first-order valence-corrected chi connectivity index (χ1v) is 10.7. The first kappa shape index (κ1) is 20.2. The zero-order valence-electron chi connectivity index (χ0n) is 16.8. The van der Waals surface area contributed by atoms with Gasteiger partial charge in [0.25, 0.3) is 0 Å². The summed E-state index contributed by atoms with van der Waals surface area (Å²) in [5, 5.41) is 17.3. The van der Waals surface area contributed by atoms with Gasteiger partial charge in [0.2, 0.25) is 0 Å². The third kappa shape index (κ3) is 6.51. The molecular weight excluding hydrogens is 336 g/mol. The minimum Gasteiger partial charge on any atom is -0.388 e. The lowest BCUT2D eigenvalue weighted by molar-refractivity contribution is 0.00859. The molecule has 1 aromatic carbocycles. The molecule has 3 rings (SSSR count). The normalized spacial score (nSPS) is 20.6. The van der Waals surface area contributed by atoms with Crippen molar-refractivity contribution in [2.24, 2.45) is 4.99 Å². The molecule has 0 radical (unpaired) electrons. The van der Waals surface area contributed by atoms with Crippen LogP contribution in [0.2, 0.25) is 0 Å². The summed E-state index contributed by atoms with van der Waals surface area (Å²) in [5.41, 5.74) is 2.02. The second kappa shape index (κ2) is 10.1. The highest BCUT2D eigenvalue weighted by atomic mass is 16.3. The zero-order valence-corrected chi connectivity index (χ0v) is 16.8. The number of hydrogen-bond acceptors (Lipinski definition) is 3. The first-order chi connectivity index (χ1) is 13.2. The number of hydrogen-bond donors (Lipinski definition) is 3. The van der Waals surface area contributed by atoms with E-state index in [0.717, 1.165) is 44.7 Å².